The molecule has 1 heterocycles. The first-order chi connectivity index (χ1) is 5.74. The molecule has 0 aliphatic rings. The highest BCUT2D eigenvalue weighted by atomic mass is 16.5. The van der Waals surface area contributed by atoms with Crippen molar-refractivity contribution in [1.29, 1.82) is 0 Å². The van der Waals surface area contributed by atoms with Crippen LogP contribution in [-0.2, 0) is 0 Å². The molecule has 0 N–H and O–H groups in total. The Morgan fingerprint density at radius 1 is 1.42 bits per heavy atom. The molecule has 0 aliphatic heterocycles. The number of hydrogen-bond acceptors (Lipinski definition) is 4. The minimum atomic E-state index is 0.621. The van der Waals surface area contributed by atoms with E-state index < -0.39 is 0 Å². The van der Waals surface area contributed by atoms with Crippen LogP contribution < -0.4 is 9.64 Å². The Balaban J connectivity index is 2.81. The molecular weight excluding hydrogens is 154 g/mol. The maximum absolute atomic E-state index is 5.22. The molecule has 0 atom stereocenters. The minimum absolute atomic E-state index is 0.621. The average molecular weight is 167 g/mol. The van der Waals surface area contributed by atoms with Gasteiger partial charge in [0.15, 0.2) is 0 Å². The second-order valence-electron chi connectivity index (χ2n) is 2.54. The second kappa shape index (κ2) is 3.90. The Hall–Kier alpha value is -1.32. The van der Waals surface area contributed by atoms with Crippen molar-refractivity contribution in [3.8, 4) is 5.88 Å². The average Bonchev–Trinajstić information content (AvgIpc) is 2.05. The molecule has 0 saturated heterocycles. The first-order valence-corrected chi connectivity index (χ1v) is 3.86. The highest BCUT2D eigenvalue weighted by Gasteiger charge is 1.99. The van der Waals surface area contributed by atoms with Gasteiger partial charge >= 0.3 is 0 Å². The van der Waals surface area contributed by atoms with Gasteiger partial charge in [0, 0.05) is 20.2 Å². The van der Waals surface area contributed by atoms with E-state index in [4.69, 9.17) is 4.74 Å². The van der Waals surface area contributed by atoms with Crippen LogP contribution in [0.1, 0.15) is 6.92 Å². The molecule has 1 aromatic rings. The van der Waals surface area contributed by atoms with E-state index in [2.05, 4.69) is 9.97 Å². The molecule has 1 aromatic heterocycles. The molecule has 4 heteroatoms. The summed E-state index contributed by atoms with van der Waals surface area (Å²) in [6.45, 7) is 2.56. The fourth-order valence-corrected chi connectivity index (χ4v) is 0.801. The van der Waals surface area contributed by atoms with Gasteiger partial charge in [-0.15, -0.1) is 0 Å². The van der Waals surface area contributed by atoms with Gasteiger partial charge in [-0.3, -0.25) is 0 Å². The van der Waals surface area contributed by atoms with Gasteiger partial charge in [-0.25, -0.2) is 9.97 Å². The summed E-state index contributed by atoms with van der Waals surface area (Å²) >= 11 is 0. The summed E-state index contributed by atoms with van der Waals surface area (Å²) in [4.78, 5) is 9.91. The van der Waals surface area contributed by atoms with Gasteiger partial charge in [-0.05, 0) is 6.92 Å². The van der Waals surface area contributed by atoms with Crippen LogP contribution in [0.3, 0.4) is 0 Å². The molecule has 0 radical (unpaired) electrons. The summed E-state index contributed by atoms with van der Waals surface area (Å²) in [5, 5.41) is 0. The maximum atomic E-state index is 5.22. The van der Waals surface area contributed by atoms with E-state index in [0.717, 1.165) is 5.82 Å². The van der Waals surface area contributed by atoms with Crippen molar-refractivity contribution < 1.29 is 4.74 Å². The van der Waals surface area contributed by atoms with Crippen LogP contribution in [0.2, 0.25) is 0 Å². The highest BCUT2D eigenvalue weighted by molar-refractivity contribution is 5.38. The molecule has 1 rings (SSSR count). The first kappa shape index (κ1) is 8.77. The normalized spacial score (nSPS) is 9.58. The van der Waals surface area contributed by atoms with Gasteiger partial charge < -0.3 is 9.64 Å². The molecule has 0 bridgehead atoms. The van der Waals surface area contributed by atoms with Crippen molar-refractivity contribution in [2.75, 3.05) is 25.6 Å². The van der Waals surface area contributed by atoms with Crippen molar-refractivity contribution in [1.82, 2.24) is 9.97 Å². The maximum Gasteiger partial charge on any atom is 0.218 e. The van der Waals surface area contributed by atoms with Gasteiger partial charge in [0.05, 0.1) is 6.61 Å². The molecule has 0 unspecified atom stereocenters. The van der Waals surface area contributed by atoms with Crippen molar-refractivity contribution >= 4 is 5.82 Å². The quantitative estimate of drug-likeness (QED) is 0.671. The third-order valence-corrected chi connectivity index (χ3v) is 1.38. The van der Waals surface area contributed by atoms with Crippen LogP contribution in [0.4, 0.5) is 5.82 Å². The Bertz CT molecular complexity index is 250. The van der Waals surface area contributed by atoms with Gasteiger partial charge in [0.25, 0.3) is 0 Å². The number of anilines is 1. The summed E-state index contributed by atoms with van der Waals surface area (Å²) in [5.41, 5.74) is 0. The molecule has 66 valence electrons. The zero-order valence-corrected chi connectivity index (χ0v) is 7.61. The monoisotopic (exact) mass is 167 g/mol. The van der Waals surface area contributed by atoms with E-state index in [1.165, 1.54) is 6.33 Å². The number of ether oxygens (including phenoxy) is 1. The van der Waals surface area contributed by atoms with Crippen LogP contribution in [0.15, 0.2) is 12.4 Å². The van der Waals surface area contributed by atoms with E-state index in [0.29, 0.717) is 12.5 Å². The van der Waals surface area contributed by atoms with Gasteiger partial charge in [0.2, 0.25) is 5.88 Å². The number of hydrogen-bond donors (Lipinski definition) is 0. The Morgan fingerprint density at radius 3 is 2.75 bits per heavy atom. The van der Waals surface area contributed by atoms with E-state index >= 15 is 0 Å². The van der Waals surface area contributed by atoms with Crippen LogP contribution in [0, 0.1) is 0 Å². The van der Waals surface area contributed by atoms with Crippen molar-refractivity contribution in [3.05, 3.63) is 12.4 Å². The lowest BCUT2D eigenvalue weighted by Crippen LogP contribution is -2.11. The molecule has 0 aromatic carbocycles. The predicted octanol–water partition coefficient (Wildman–Crippen LogP) is 0.941. The van der Waals surface area contributed by atoms with E-state index in [1.54, 1.807) is 0 Å². The van der Waals surface area contributed by atoms with Crippen LogP contribution in [-0.4, -0.2) is 30.7 Å². The summed E-state index contributed by atoms with van der Waals surface area (Å²) in [5.74, 6) is 1.48. The lowest BCUT2D eigenvalue weighted by molar-refractivity contribution is 0.326. The third-order valence-electron chi connectivity index (χ3n) is 1.38. The zero-order chi connectivity index (χ0) is 8.97. The Labute approximate surface area is 72.2 Å². The lowest BCUT2D eigenvalue weighted by Gasteiger charge is -2.11. The standard InChI is InChI=1S/C8H13N3O/c1-4-12-8-5-7(11(2)3)9-6-10-8/h5-6H,4H2,1-3H3. The summed E-state index contributed by atoms with van der Waals surface area (Å²) < 4.78 is 5.22. The van der Waals surface area contributed by atoms with E-state index in [9.17, 15) is 0 Å². The molecule has 0 fully saturated rings. The zero-order valence-electron chi connectivity index (χ0n) is 7.61. The van der Waals surface area contributed by atoms with Crippen molar-refractivity contribution in [2.24, 2.45) is 0 Å². The molecule has 12 heavy (non-hydrogen) atoms. The highest BCUT2D eigenvalue weighted by Crippen LogP contribution is 2.12. The topological polar surface area (TPSA) is 38.2 Å². The Morgan fingerprint density at radius 2 is 2.17 bits per heavy atom. The van der Waals surface area contributed by atoms with Crippen LogP contribution in [0.5, 0.6) is 5.88 Å². The SMILES string of the molecule is CCOc1cc(N(C)C)ncn1. The van der Waals surface area contributed by atoms with Crippen LogP contribution in [0.25, 0.3) is 0 Å². The van der Waals surface area contributed by atoms with E-state index in [-0.39, 0.29) is 0 Å². The second-order valence-corrected chi connectivity index (χ2v) is 2.54. The number of aromatic nitrogens is 2. The smallest absolute Gasteiger partial charge is 0.218 e. The predicted molar refractivity (Wildman–Crippen MR) is 47.5 cm³/mol. The Kier molecular flexibility index (Phi) is 2.85. The largest absolute Gasteiger partial charge is 0.478 e. The van der Waals surface area contributed by atoms with Gasteiger partial charge in [0.1, 0.15) is 12.1 Å². The fourth-order valence-electron chi connectivity index (χ4n) is 0.801. The lowest BCUT2D eigenvalue weighted by atomic mass is 10.5. The van der Waals surface area contributed by atoms with E-state index in [1.807, 2.05) is 32.0 Å². The number of rotatable bonds is 3. The number of nitrogens with zero attached hydrogens (tertiary/aromatic N) is 3. The summed E-state index contributed by atoms with van der Waals surface area (Å²) in [6.07, 6.45) is 1.50. The summed E-state index contributed by atoms with van der Waals surface area (Å²) in [6, 6.07) is 1.81. The molecule has 0 spiro atoms. The van der Waals surface area contributed by atoms with Gasteiger partial charge in [-0.2, -0.15) is 0 Å². The molecular formula is C8H13N3O. The molecule has 0 saturated carbocycles. The third kappa shape index (κ3) is 2.08. The first-order valence-electron chi connectivity index (χ1n) is 3.86. The van der Waals surface area contributed by atoms with Crippen molar-refractivity contribution in [3.63, 3.8) is 0 Å². The molecule has 4 nitrogen and oxygen atoms in total. The molecule has 0 aliphatic carbocycles. The van der Waals surface area contributed by atoms with Gasteiger partial charge in [-0.1, -0.05) is 0 Å². The minimum Gasteiger partial charge on any atom is -0.478 e. The van der Waals surface area contributed by atoms with Crippen LogP contribution >= 0.6 is 0 Å². The molecule has 0 amide bonds. The fraction of sp³-hybridized carbons (Fsp3) is 0.500. The van der Waals surface area contributed by atoms with Crippen molar-refractivity contribution in [2.45, 2.75) is 6.92 Å². The summed E-state index contributed by atoms with van der Waals surface area (Å²) in [7, 11) is 3.86.